The van der Waals surface area contributed by atoms with E-state index in [4.69, 9.17) is 4.74 Å². The quantitative estimate of drug-likeness (QED) is 0.864. The van der Waals surface area contributed by atoms with Crippen LogP contribution in [0.1, 0.15) is 24.5 Å². The van der Waals surface area contributed by atoms with Gasteiger partial charge in [0.2, 0.25) is 5.91 Å². The third kappa shape index (κ3) is 2.37. The van der Waals surface area contributed by atoms with Crippen LogP contribution in [-0.4, -0.2) is 19.6 Å². The fourth-order valence-corrected chi connectivity index (χ4v) is 3.11. The molecule has 3 rings (SSSR count). The van der Waals surface area contributed by atoms with Crippen molar-refractivity contribution in [1.82, 2.24) is 0 Å². The van der Waals surface area contributed by atoms with E-state index in [1.807, 2.05) is 42.2 Å². The number of hydrogen-bond acceptors (Lipinski definition) is 2. The van der Waals surface area contributed by atoms with Gasteiger partial charge in [0.25, 0.3) is 0 Å². The van der Waals surface area contributed by atoms with Crippen molar-refractivity contribution in [2.45, 2.75) is 25.7 Å². The van der Waals surface area contributed by atoms with Crippen LogP contribution in [0.15, 0.2) is 48.5 Å². The zero-order chi connectivity index (χ0) is 15.7. The Morgan fingerprint density at radius 1 is 1.14 bits per heavy atom. The third-order valence-corrected chi connectivity index (χ3v) is 4.59. The van der Waals surface area contributed by atoms with Crippen molar-refractivity contribution in [2.24, 2.45) is 0 Å². The molecule has 3 nitrogen and oxygen atoms in total. The first-order valence-corrected chi connectivity index (χ1v) is 7.58. The second-order valence-corrected chi connectivity index (χ2v) is 6.11. The average molecular weight is 295 g/mol. The number of aryl methyl sites for hydroxylation is 1. The number of methoxy groups -OCH3 is 1. The number of amides is 1. The minimum Gasteiger partial charge on any atom is -0.497 e. The molecule has 0 saturated carbocycles. The Morgan fingerprint density at radius 2 is 1.86 bits per heavy atom. The van der Waals surface area contributed by atoms with Crippen molar-refractivity contribution in [1.29, 1.82) is 0 Å². The molecule has 1 atom stereocenters. The summed E-state index contributed by atoms with van der Waals surface area (Å²) in [5.41, 5.74) is 2.79. The summed E-state index contributed by atoms with van der Waals surface area (Å²) in [7, 11) is 1.64. The first-order chi connectivity index (χ1) is 10.5. The van der Waals surface area contributed by atoms with Gasteiger partial charge in [0.05, 0.1) is 12.5 Å². The van der Waals surface area contributed by atoms with Gasteiger partial charge < -0.3 is 9.64 Å². The maximum absolute atomic E-state index is 13.0. The summed E-state index contributed by atoms with van der Waals surface area (Å²) in [6, 6.07) is 15.9. The van der Waals surface area contributed by atoms with Crippen LogP contribution in [0, 0.1) is 6.92 Å². The predicted molar refractivity (Wildman–Crippen MR) is 88.5 cm³/mol. The molecule has 0 aromatic heterocycles. The highest BCUT2D eigenvalue weighted by Crippen LogP contribution is 2.38. The summed E-state index contributed by atoms with van der Waals surface area (Å²) in [4.78, 5) is 14.9. The molecule has 2 aromatic carbocycles. The van der Waals surface area contributed by atoms with Crippen LogP contribution in [0.4, 0.5) is 5.69 Å². The first kappa shape index (κ1) is 14.6. The van der Waals surface area contributed by atoms with Crippen LogP contribution in [0.25, 0.3) is 0 Å². The van der Waals surface area contributed by atoms with Crippen molar-refractivity contribution in [2.75, 3.05) is 18.6 Å². The van der Waals surface area contributed by atoms with Gasteiger partial charge >= 0.3 is 0 Å². The van der Waals surface area contributed by atoms with Crippen LogP contribution >= 0.6 is 0 Å². The molecule has 0 unspecified atom stereocenters. The molecule has 1 amide bonds. The van der Waals surface area contributed by atoms with E-state index >= 15 is 0 Å². The minimum atomic E-state index is -0.439. The number of benzene rings is 2. The van der Waals surface area contributed by atoms with Crippen LogP contribution in [0.5, 0.6) is 5.75 Å². The van der Waals surface area contributed by atoms with E-state index in [-0.39, 0.29) is 5.91 Å². The number of anilines is 1. The molecule has 1 heterocycles. The molecule has 22 heavy (non-hydrogen) atoms. The topological polar surface area (TPSA) is 29.5 Å². The molecule has 0 spiro atoms. The van der Waals surface area contributed by atoms with Gasteiger partial charge in [-0.3, -0.25) is 4.79 Å². The number of nitrogens with zero attached hydrogens (tertiary/aromatic N) is 1. The highest BCUT2D eigenvalue weighted by molar-refractivity contribution is 6.03. The van der Waals surface area contributed by atoms with E-state index in [2.05, 4.69) is 25.1 Å². The molecule has 1 saturated heterocycles. The number of rotatable bonds is 3. The standard InChI is InChI=1S/C19H21NO2/c1-14-5-4-6-15(13-14)19(2)11-12-20(18(19)21)16-7-9-17(22-3)10-8-16/h4-10,13H,11-12H2,1-3H3/t19-/m0/s1. The SMILES string of the molecule is COc1ccc(N2CC[C@@](C)(c3cccc(C)c3)C2=O)cc1. The number of carbonyl (C=O) groups is 1. The summed E-state index contributed by atoms with van der Waals surface area (Å²) in [6.07, 6.45) is 0.835. The molecule has 0 radical (unpaired) electrons. The second kappa shape index (κ2) is 5.48. The van der Waals surface area contributed by atoms with Crippen molar-refractivity contribution < 1.29 is 9.53 Å². The molecule has 114 valence electrons. The predicted octanol–water partition coefficient (Wildman–Crippen LogP) is 3.70. The lowest BCUT2D eigenvalue weighted by atomic mass is 9.80. The molecular weight excluding hydrogens is 274 g/mol. The lowest BCUT2D eigenvalue weighted by Gasteiger charge is -2.24. The van der Waals surface area contributed by atoms with Gasteiger partial charge in [-0.25, -0.2) is 0 Å². The smallest absolute Gasteiger partial charge is 0.237 e. The Bertz CT molecular complexity index is 693. The van der Waals surface area contributed by atoms with Crippen molar-refractivity contribution in [3.8, 4) is 5.75 Å². The number of ether oxygens (including phenoxy) is 1. The van der Waals surface area contributed by atoms with E-state index < -0.39 is 5.41 Å². The fraction of sp³-hybridized carbons (Fsp3) is 0.316. The lowest BCUT2D eigenvalue weighted by molar-refractivity contribution is -0.121. The second-order valence-electron chi connectivity index (χ2n) is 6.11. The van der Waals surface area contributed by atoms with Crippen molar-refractivity contribution >= 4 is 11.6 Å². The zero-order valence-corrected chi connectivity index (χ0v) is 13.3. The van der Waals surface area contributed by atoms with Gasteiger partial charge in [-0.2, -0.15) is 0 Å². The Morgan fingerprint density at radius 3 is 2.50 bits per heavy atom. The highest BCUT2D eigenvalue weighted by atomic mass is 16.5. The summed E-state index contributed by atoms with van der Waals surface area (Å²) in [5, 5.41) is 0. The van der Waals surface area contributed by atoms with Gasteiger partial charge in [0.1, 0.15) is 5.75 Å². The fourth-order valence-electron chi connectivity index (χ4n) is 3.11. The Hall–Kier alpha value is -2.29. The zero-order valence-electron chi connectivity index (χ0n) is 13.3. The molecule has 2 aromatic rings. The maximum atomic E-state index is 13.0. The van der Waals surface area contributed by atoms with Gasteiger partial charge in [-0.15, -0.1) is 0 Å². The van der Waals surface area contributed by atoms with E-state index in [1.165, 1.54) is 5.56 Å². The van der Waals surface area contributed by atoms with Crippen LogP contribution in [0.2, 0.25) is 0 Å². The maximum Gasteiger partial charge on any atom is 0.237 e. The summed E-state index contributed by atoms with van der Waals surface area (Å²) < 4.78 is 5.18. The van der Waals surface area contributed by atoms with Gasteiger partial charge in [0.15, 0.2) is 0 Å². The summed E-state index contributed by atoms with van der Waals surface area (Å²) in [6.45, 7) is 4.86. The van der Waals surface area contributed by atoms with Crippen LogP contribution in [0.3, 0.4) is 0 Å². The van der Waals surface area contributed by atoms with Crippen LogP contribution in [-0.2, 0) is 10.2 Å². The van der Waals surface area contributed by atoms with Crippen molar-refractivity contribution in [3.05, 3.63) is 59.7 Å². The molecule has 1 aliphatic heterocycles. The summed E-state index contributed by atoms with van der Waals surface area (Å²) >= 11 is 0. The molecule has 1 fully saturated rings. The Kier molecular flexibility index (Phi) is 3.65. The Labute approximate surface area is 131 Å². The summed E-state index contributed by atoms with van der Waals surface area (Å²) in [5.74, 6) is 0.972. The molecule has 0 aliphatic carbocycles. The Balaban J connectivity index is 1.90. The molecule has 1 aliphatic rings. The van der Waals surface area contributed by atoms with Gasteiger partial charge in [0, 0.05) is 12.2 Å². The van der Waals surface area contributed by atoms with E-state index in [0.29, 0.717) is 0 Å². The van der Waals surface area contributed by atoms with E-state index in [9.17, 15) is 4.79 Å². The highest BCUT2D eigenvalue weighted by Gasteiger charge is 2.44. The lowest BCUT2D eigenvalue weighted by Crippen LogP contribution is -2.35. The van der Waals surface area contributed by atoms with E-state index in [1.54, 1.807) is 7.11 Å². The first-order valence-electron chi connectivity index (χ1n) is 7.58. The van der Waals surface area contributed by atoms with Gasteiger partial charge in [-0.05, 0) is 50.1 Å². The van der Waals surface area contributed by atoms with Crippen LogP contribution < -0.4 is 9.64 Å². The minimum absolute atomic E-state index is 0.170. The van der Waals surface area contributed by atoms with Gasteiger partial charge in [-0.1, -0.05) is 29.8 Å². The third-order valence-electron chi connectivity index (χ3n) is 4.59. The monoisotopic (exact) mass is 295 g/mol. The number of hydrogen-bond donors (Lipinski definition) is 0. The largest absolute Gasteiger partial charge is 0.497 e. The average Bonchev–Trinajstić information content (AvgIpc) is 2.84. The molecular formula is C19H21NO2. The number of carbonyl (C=O) groups excluding carboxylic acids is 1. The normalized spacial score (nSPS) is 21.2. The molecule has 0 bridgehead atoms. The van der Waals surface area contributed by atoms with E-state index in [0.717, 1.165) is 30.0 Å². The molecule has 3 heteroatoms. The molecule has 0 N–H and O–H groups in total. The van der Waals surface area contributed by atoms with Crippen molar-refractivity contribution in [3.63, 3.8) is 0 Å².